The molecule has 2 aliphatic rings. The quantitative estimate of drug-likeness (QED) is 0.799. The fourth-order valence-electron chi connectivity index (χ4n) is 2.73. The molecule has 0 fully saturated rings. The number of hydrogen-bond donors (Lipinski definition) is 0. The molecule has 1 aromatic carbocycles. The van der Waals surface area contributed by atoms with Crippen LogP contribution in [0.2, 0.25) is 0 Å². The number of Topliss-reactive ketones (excluding diaryl/α,β-unsaturated/α-hetero) is 1. The Hall–Kier alpha value is -1.36. The first-order valence-electron chi connectivity index (χ1n) is 7.10. The van der Waals surface area contributed by atoms with Gasteiger partial charge < -0.3 is 9.47 Å². The highest BCUT2D eigenvalue weighted by molar-refractivity contribution is 8.03. The lowest BCUT2D eigenvalue weighted by molar-refractivity contribution is -0.155. The third-order valence-corrected chi connectivity index (χ3v) is 4.99. The van der Waals surface area contributed by atoms with Crippen LogP contribution in [0, 0.1) is 5.92 Å². The Labute approximate surface area is 129 Å². The molecule has 0 bridgehead atoms. The topological polar surface area (TPSA) is 35.5 Å². The van der Waals surface area contributed by atoms with Gasteiger partial charge in [0.2, 0.25) is 0 Å². The van der Waals surface area contributed by atoms with Crippen molar-refractivity contribution in [3.05, 3.63) is 52.5 Å². The predicted molar refractivity (Wildman–Crippen MR) is 83.1 cm³/mol. The lowest BCUT2D eigenvalue weighted by Crippen LogP contribution is -2.34. The molecule has 3 nitrogen and oxygen atoms in total. The first kappa shape index (κ1) is 14.6. The van der Waals surface area contributed by atoms with E-state index in [1.807, 2.05) is 31.2 Å². The molecule has 1 aromatic rings. The number of fused-ring (bicyclic) bond motifs is 1. The monoisotopic (exact) mass is 302 g/mol. The second-order valence-corrected chi connectivity index (χ2v) is 6.12. The summed E-state index contributed by atoms with van der Waals surface area (Å²) in [6, 6.07) is 8.24. The van der Waals surface area contributed by atoms with Gasteiger partial charge in [0.05, 0.1) is 5.92 Å². The van der Waals surface area contributed by atoms with Crippen molar-refractivity contribution < 1.29 is 14.3 Å². The van der Waals surface area contributed by atoms with E-state index in [9.17, 15) is 4.79 Å². The van der Waals surface area contributed by atoms with E-state index < -0.39 is 6.29 Å². The van der Waals surface area contributed by atoms with Gasteiger partial charge in [-0.15, -0.1) is 0 Å². The Morgan fingerprint density at radius 2 is 2.19 bits per heavy atom. The minimum absolute atomic E-state index is 0.120. The van der Waals surface area contributed by atoms with Crippen LogP contribution in [0.4, 0.5) is 0 Å². The maximum absolute atomic E-state index is 12.8. The smallest absolute Gasteiger partial charge is 0.172 e. The van der Waals surface area contributed by atoms with E-state index in [1.165, 1.54) is 10.5 Å². The molecule has 1 aliphatic carbocycles. The third kappa shape index (κ3) is 2.71. The number of thioether (sulfide) groups is 1. The fraction of sp³-hybridized carbons (Fsp3) is 0.353. The molecular weight excluding hydrogens is 284 g/mol. The highest BCUT2D eigenvalue weighted by Crippen LogP contribution is 2.42. The number of allylic oxidation sites excluding steroid dienone is 2. The van der Waals surface area contributed by atoms with Gasteiger partial charge in [-0.05, 0) is 18.6 Å². The van der Waals surface area contributed by atoms with Gasteiger partial charge in [-0.25, -0.2) is 0 Å². The Kier molecular flexibility index (Phi) is 4.29. The molecule has 2 atom stereocenters. The van der Waals surface area contributed by atoms with Crippen molar-refractivity contribution >= 4 is 17.5 Å². The van der Waals surface area contributed by atoms with Crippen LogP contribution in [0.3, 0.4) is 0 Å². The molecule has 110 valence electrons. The Balaban J connectivity index is 1.87. The van der Waals surface area contributed by atoms with Crippen LogP contribution < -0.4 is 0 Å². The van der Waals surface area contributed by atoms with E-state index in [0.717, 1.165) is 10.5 Å². The number of ether oxygens (including phenoxy) is 2. The first-order valence-corrected chi connectivity index (χ1v) is 7.92. The maximum Gasteiger partial charge on any atom is 0.172 e. The number of carbonyl (C=O) groups excluding carboxylic acids is 1. The van der Waals surface area contributed by atoms with Crippen molar-refractivity contribution in [2.45, 2.75) is 24.5 Å². The van der Waals surface area contributed by atoms with Crippen LogP contribution in [0.15, 0.2) is 51.8 Å². The summed E-state index contributed by atoms with van der Waals surface area (Å²) in [6.07, 6.45) is 4.13. The molecule has 0 radical (unpaired) electrons. The molecule has 2 unspecified atom stereocenters. The van der Waals surface area contributed by atoms with Crippen molar-refractivity contribution in [1.82, 2.24) is 0 Å². The van der Waals surface area contributed by atoms with E-state index in [4.69, 9.17) is 9.47 Å². The minimum Gasteiger partial charge on any atom is -0.355 e. The van der Waals surface area contributed by atoms with Crippen LogP contribution >= 0.6 is 11.8 Å². The number of methoxy groups -OCH3 is 1. The predicted octanol–water partition coefficient (Wildman–Crippen LogP) is 3.35. The summed E-state index contributed by atoms with van der Waals surface area (Å²) in [7, 11) is 1.58. The summed E-state index contributed by atoms with van der Waals surface area (Å²) in [4.78, 5) is 15.1. The number of ketones is 1. The highest BCUT2D eigenvalue weighted by Gasteiger charge is 2.34. The third-order valence-electron chi connectivity index (χ3n) is 3.77. The van der Waals surface area contributed by atoms with Crippen LogP contribution in [0.5, 0.6) is 0 Å². The van der Waals surface area contributed by atoms with Crippen LogP contribution in [0.1, 0.15) is 12.5 Å². The lowest BCUT2D eigenvalue weighted by atomic mass is 9.88. The first-order chi connectivity index (χ1) is 10.2. The maximum atomic E-state index is 12.8. The molecule has 0 amide bonds. The van der Waals surface area contributed by atoms with Gasteiger partial charge >= 0.3 is 0 Å². The van der Waals surface area contributed by atoms with Crippen LogP contribution in [-0.4, -0.2) is 25.8 Å². The lowest BCUT2D eigenvalue weighted by Gasteiger charge is -2.29. The zero-order chi connectivity index (χ0) is 14.8. The molecule has 21 heavy (non-hydrogen) atoms. The Morgan fingerprint density at radius 1 is 1.38 bits per heavy atom. The van der Waals surface area contributed by atoms with Gasteiger partial charge in [-0.1, -0.05) is 42.1 Å². The molecule has 3 rings (SSSR count). The second kappa shape index (κ2) is 6.18. The molecule has 0 saturated heterocycles. The summed E-state index contributed by atoms with van der Waals surface area (Å²) >= 11 is 1.67. The Morgan fingerprint density at radius 3 is 2.95 bits per heavy atom. The summed E-state index contributed by atoms with van der Waals surface area (Å²) in [6.45, 7) is 2.43. The molecular formula is C17H18O3S. The summed E-state index contributed by atoms with van der Waals surface area (Å²) in [5.41, 5.74) is 2.10. The van der Waals surface area contributed by atoms with E-state index in [2.05, 4.69) is 12.1 Å². The van der Waals surface area contributed by atoms with E-state index in [-0.39, 0.29) is 11.7 Å². The van der Waals surface area contributed by atoms with Gasteiger partial charge in [0.1, 0.15) is 0 Å². The summed E-state index contributed by atoms with van der Waals surface area (Å²) in [5, 5.41) is 0. The van der Waals surface area contributed by atoms with Crippen molar-refractivity contribution in [3.63, 3.8) is 0 Å². The largest absolute Gasteiger partial charge is 0.355 e. The van der Waals surface area contributed by atoms with E-state index in [1.54, 1.807) is 18.9 Å². The van der Waals surface area contributed by atoms with Crippen molar-refractivity contribution in [3.8, 4) is 0 Å². The van der Waals surface area contributed by atoms with Gasteiger partial charge in [-0.2, -0.15) is 0 Å². The van der Waals surface area contributed by atoms with Crippen molar-refractivity contribution in [2.24, 2.45) is 5.92 Å². The van der Waals surface area contributed by atoms with Gasteiger partial charge in [-0.3, -0.25) is 4.79 Å². The number of rotatable bonds is 4. The highest BCUT2D eigenvalue weighted by atomic mass is 32.2. The molecule has 1 heterocycles. The average molecular weight is 302 g/mol. The normalized spacial score (nSPS) is 22.0. The standard InChI is InChI=1S/C17H18O3S/c1-3-20-17(19-2)12-8-9-15-13(16(12)18)10-11-6-4-5-7-14(11)21-15/h4-9,12,17H,3,10H2,1-2H3. The summed E-state index contributed by atoms with van der Waals surface area (Å²) < 4.78 is 10.9. The summed E-state index contributed by atoms with van der Waals surface area (Å²) in [5.74, 6) is -0.227. The number of hydrogen-bond acceptors (Lipinski definition) is 4. The number of benzene rings is 1. The average Bonchev–Trinajstić information content (AvgIpc) is 2.52. The second-order valence-electron chi connectivity index (χ2n) is 5.04. The van der Waals surface area contributed by atoms with Gasteiger partial charge in [0.25, 0.3) is 0 Å². The van der Waals surface area contributed by atoms with Gasteiger partial charge in [0.15, 0.2) is 12.1 Å². The zero-order valence-corrected chi connectivity index (χ0v) is 13.0. The van der Waals surface area contributed by atoms with Crippen LogP contribution in [-0.2, 0) is 20.7 Å². The van der Waals surface area contributed by atoms with Gasteiger partial charge in [0, 0.05) is 35.5 Å². The molecule has 0 aromatic heterocycles. The van der Waals surface area contributed by atoms with E-state index >= 15 is 0 Å². The van der Waals surface area contributed by atoms with Crippen LogP contribution in [0.25, 0.3) is 0 Å². The van der Waals surface area contributed by atoms with E-state index in [0.29, 0.717) is 13.0 Å². The Bertz CT molecular complexity index is 618. The molecule has 0 N–H and O–H groups in total. The minimum atomic E-state index is -0.505. The molecule has 0 saturated carbocycles. The molecule has 4 heteroatoms. The van der Waals surface area contributed by atoms with Crippen molar-refractivity contribution in [1.29, 1.82) is 0 Å². The number of carbonyl (C=O) groups is 1. The zero-order valence-electron chi connectivity index (χ0n) is 12.2. The fourth-order valence-corrected chi connectivity index (χ4v) is 3.82. The molecule has 0 spiro atoms. The molecule has 1 aliphatic heterocycles. The van der Waals surface area contributed by atoms with Crippen molar-refractivity contribution in [2.75, 3.05) is 13.7 Å². The SMILES string of the molecule is CCOC(OC)C1C=CC2=C(Cc3ccccc3S2)C1=O.